The number of anilines is 1. The van der Waals surface area contributed by atoms with Gasteiger partial charge in [0.1, 0.15) is 15.6 Å². The normalized spacial score (nSPS) is 11.5. The first-order valence-electron chi connectivity index (χ1n) is 14.0. The van der Waals surface area contributed by atoms with Crippen LogP contribution in [0, 0.1) is 6.92 Å². The lowest BCUT2D eigenvalue weighted by Gasteiger charge is -2.14. The van der Waals surface area contributed by atoms with E-state index in [1.807, 2.05) is 22.8 Å². The second kappa shape index (κ2) is 16.7. The summed E-state index contributed by atoms with van der Waals surface area (Å²) in [6.07, 6.45) is 1.77. The van der Waals surface area contributed by atoms with Gasteiger partial charge in [-0.05, 0) is 51.8 Å². The Labute approximate surface area is 258 Å². The average molecular weight is 632 g/mol. The molecule has 0 spiro atoms. The molecule has 43 heavy (non-hydrogen) atoms. The lowest BCUT2D eigenvalue weighted by molar-refractivity contribution is -0.123. The predicted molar refractivity (Wildman–Crippen MR) is 164 cm³/mol. The summed E-state index contributed by atoms with van der Waals surface area (Å²) in [6.45, 7) is 9.67. The minimum absolute atomic E-state index is 0.126. The van der Waals surface area contributed by atoms with Crippen molar-refractivity contribution in [2.75, 3.05) is 25.1 Å². The molecule has 14 heteroatoms. The SMILES string of the molecule is CCCCn1c(CNC(=O)COc2ccccc2)nnc1S[C@@H](C)C(=O)Nc1sc(C(=O)OCC)c(C)c1C(=O)OCC. The van der Waals surface area contributed by atoms with E-state index in [4.69, 9.17) is 14.2 Å². The molecule has 0 aliphatic rings. The van der Waals surface area contributed by atoms with Crippen molar-refractivity contribution in [1.29, 1.82) is 0 Å². The van der Waals surface area contributed by atoms with Gasteiger partial charge < -0.3 is 29.4 Å². The largest absolute Gasteiger partial charge is 0.484 e. The van der Waals surface area contributed by atoms with Crippen molar-refractivity contribution in [3.8, 4) is 5.75 Å². The molecule has 2 aromatic heterocycles. The van der Waals surface area contributed by atoms with E-state index in [9.17, 15) is 19.2 Å². The van der Waals surface area contributed by atoms with Crippen LogP contribution in [0.1, 0.15) is 72.0 Å². The summed E-state index contributed by atoms with van der Waals surface area (Å²) in [7, 11) is 0. The summed E-state index contributed by atoms with van der Waals surface area (Å²) in [5, 5.41) is 14.2. The van der Waals surface area contributed by atoms with E-state index < -0.39 is 23.1 Å². The molecule has 0 aliphatic heterocycles. The summed E-state index contributed by atoms with van der Waals surface area (Å²) >= 11 is 2.17. The van der Waals surface area contributed by atoms with Crippen LogP contribution < -0.4 is 15.4 Å². The van der Waals surface area contributed by atoms with Gasteiger partial charge in [0.25, 0.3) is 5.91 Å². The van der Waals surface area contributed by atoms with Gasteiger partial charge in [0.05, 0.1) is 30.6 Å². The number of unbranched alkanes of at least 4 members (excludes halogenated alkanes) is 1. The molecule has 232 valence electrons. The molecule has 0 saturated heterocycles. The number of thiophene rings is 1. The Morgan fingerprint density at radius 1 is 1.02 bits per heavy atom. The van der Waals surface area contributed by atoms with Crippen LogP contribution in [-0.4, -0.2) is 63.6 Å². The van der Waals surface area contributed by atoms with E-state index in [2.05, 4.69) is 27.8 Å². The Hall–Kier alpha value is -3.91. The molecule has 0 bridgehead atoms. The van der Waals surface area contributed by atoms with Gasteiger partial charge >= 0.3 is 11.9 Å². The van der Waals surface area contributed by atoms with Crippen molar-refractivity contribution in [1.82, 2.24) is 20.1 Å². The van der Waals surface area contributed by atoms with Gasteiger partial charge in [-0.1, -0.05) is 43.3 Å². The third-order valence-corrected chi connectivity index (χ3v) is 8.33. The van der Waals surface area contributed by atoms with Gasteiger partial charge in [-0.2, -0.15) is 0 Å². The van der Waals surface area contributed by atoms with Crippen LogP contribution in [0.3, 0.4) is 0 Å². The van der Waals surface area contributed by atoms with Crippen molar-refractivity contribution in [3.05, 3.63) is 52.2 Å². The molecule has 3 aromatic rings. The highest BCUT2D eigenvalue weighted by Gasteiger charge is 2.29. The smallest absolute Gasteiger partial charge is 0.348 e. The van der Waals surface area contributed by atoms with Crippen LogP contribution in [0.15, 0.2) is 35.5 Å². The average Bonchev–Trinajstić information content (AvgIpc) is 3.53. The number of nitrogens with one attached hydrogen (secondary N) is 2. The van der Waals surface area contributed by atoms with Gasteiger partial charge in [0.15, 0.2) is 17.6 Å². The first kappa shape index (κ1) is 33.6. The molecule has 0 radical (unpaired) electrons. The van der Waals surface area contributed by atoms with E-state index in [0.29, 0.717) is 28.8 Å². The molecule has 2 N–H and O–H groups in total. The minimum atomic E-state index is -0.644. The summed E-state index contributed by atoms with van der Waals surface area (Å²) in [5.74, 6) is -0.767. The Morgan fingerprint density at radius 2 is 1.72 bits per heavy atom. The zero-order valence-electron chi connectivity index (χ0n) is 24.9. The number of rotatable bonds is 16. The molecule has 0 aliphatic carbocycles. The van der Waals surface area contributed by atoms with E-state index in [0.717, 1.165) is 24.2 Å². The molecule has 2 amide bonds. The van der Waals surface area contributed by atoms with E-state index in [1.165, 1.54) is 11.8 Å². The fourth-order valence-corrected chi connectivity index (χ4v) is 5.82. The standard InChI is InChI=1S/C29H37N5O7S2/c1-6-9-15-34-21(16-30-22(35)17-41-20-13-11-10-12-14-20)32-33-29(34)42-19(5)25(36)31-26-23(27(37)39-7-2)18(4)24(43-26)28(38)40-8-3/h10-14,19H,6-9,15-17H2,1-5H3,(H,30,35)(H,31,36)/t19-/m0/s1. The Kier molecular flexibility index (Phi) is 13.0. The molecule has 0 fully saturated rings. The number of ether oxygens (including phenoxy) is 3. The van der Waals surface area contributed by atoms with E-state index >= 15 is 0 Å². The van der Waals surface area contributed by atoms with Crippen molar-refractivity contribution in [2.45, 2.75) is 71.0 Å². The summed E-state index contributed by atoms with van der Waals surface area (Å²) in [5.41, 5.74) is 0.513. The molecule has 2 heterocycles. The maximum atomic E-state index is 13.3. The summed E-state index contributed by atoms with van der Waals surface area (Å²) in [6, 6.07) is 9.05. The highest BCUT2D eigenvalue weighted by atomic mass is 32.2. The molecule has 0 saturated carbocycles. The van der Waals surface area contributed by atoms with E-state index in [-0.39, 0.29) is 47.7 Å². The van der Waals surface area contributed by atoms with Crippen LogP contribution in [0.4, 0.5) is 5.00 Å². The zero-order chi connectivity index (χ0) is 31.4. The molecular weight excluding hydrogens is 594 g/mol. The maximum absolute atomic E-state index is 13.3. The first-order valence-corrected chi connectivity index (χ1v) is 15.7. The van der Waals surface area contributed by atoms with Crippen LogP contribution in [-0.2, 0) is 32.2 Å². The molecule has 0 unspecified atom stereocenters. The number of hydrogen-bond donors (Lipinski definition) is 2. The number of benzene rings is 1. The Bertz CT molecular complexity index is 1410. The van der Waals surface area contributed by atoms with Crippen molar-refractivity contribution in [2.24, 2.45) is 0 Å². The number of carbonyl (C=O) groups excluding carboxylic acids is 4. The predicted octanol–water partition coefficient (Wildman–Crippen LogP) is 4.62. The van der Waals surface area contributed by atoms with E-state index in [1.54, 1.807) is 39.8 Å². The Balaban J connectivity index is 1.71. The van der Waals surface area contributed by atoms with Crippen LogP contribution in [0.25, 0.3) is 0 Å². The number of aromatic nitrogens is 3. The van der Waals surface area contributed by atoms with Crippen LogP contribution in [0.2, 0.25) is 0 Å². The number of nitrogens with zero attached hydrogens (tertiary/aromatic N) is 3. The zero-order valence-corrected chi connectivity index (χ0v) is 26.6. The van der Waals surface area contributed by atoms with Gasteiger partial charge in [-0.3, -0.25) is 9.59 Å². The second-order valence-electron chi connectivity index (χ2n) is 9.23. The van der Waals surface area contributed by atoms with Gasteiger partial charge in [0, 0.05) is 6.54 Å². The summed E-state index contributed by atoms with van der Waals surface area (Å²) < 4.78 is 17.7. The van der Waals surface area contributed by atoms with Crippen molar-refractivity contribution in [3.63, 3.8) is 0 Å². The molecule has 1 atom stereocenters. The van der Waals surface area contributed by atoms with Crippen LogP contribution >= 0.6 is 23.1 Å². The highest BCUT2D eigenvalue weighted by molar-refractivity contribution is 8.00. The number of carbonyl (C=O) groups is 4. The van der Waals surface area contributed by atoms with Gasteiger partial charge in [0.2, 0.25) is 5.91 Å². The fraction of sp³-hybridized carbons (Fsp3) is 0.448. The lowest BCUT2D eigenvalue weighted by atomic mass is 10.1. The Morgan fingerprint density at radius 3 is 2.40 bits per heavy atom. The number of hydrogen-bond acceptors (Lipinski definition) is 11. The highest BCUT2D eigenvalue weighted by Crippen LogP contribution is 2.35. The third kappa shape index (κ3) is 9.29. The molecule has 3 rings (SSSR count). The number of para-hydroxylation sites is 1. The number of esters is 2. The maximum Gasteiger partial charge on any atom is 0.348 e. The van der Waals surface area contributed by atoms with Gasteiger partial charge in [-0.15, -0.1) is 21.5 Å². The summed E-state index contributed by atoms with van der Waals surface area (Å²) in [4.78, 5) is 51.0. The lowest BCUT2D eigenvalue weighted by Crippen LogP contribution is -2.29. The monoisotopic (exact) mass is 631 g/mol. The molecular formula is C29H37N5O7S2. The second-order valence-corrected chi connectivity index (χ2v) is 11.6. The topological polar surface area (TPSA) is 151 Å². The van der Waals surface area contributed by atoms with Crippen molar-refractivity contribution >= 4 is 51.9 Å². The molecule has 12 nitrogen and oxygen atoms in total. The molecule has 1 aromatic carbocycles. The van der Waals surface area contributed by atoms with Gasteiger partial charge in [-0.25, -0.2) is 9.59 Å². The van der Waals surface area contributed by atoms with Crippen molar-refractivity contribution < 1.29 is 33.4 Å². The number of thioether (sulfide) groups is 1. The quantitative estimate of drug-likeness (QED) is 0.169. The first-order chi connectivity index (χ1) is 20.7. The number of amides is 2. The van der Waals surface area contributed by atoms with Crippen LogP contribution in [0.5, 0.6) is 5.75 Å². The third-order valence-electron chi connectivity index (χ3n) is 6.06. The minimum Gasteiger partial charge on any atom is -0.484 e. The fourth-order valence-electron chi connectivity index (χ4n) is 3.84.